The predicted octanol–water partition coefficient (Wildman–Crippen LogP) is 4.66. The van der Waals surface area contributed by atoms with Crippen LogP contribution in [0.3, 0.4) is 0 Å². The normalized spacial score (nSPS) is 16.2. The number of carbonyl (C=O) groups is 1. The topological polar surface area (TPSA) is 51.0 Å². The Balaban J connectivity index is 1.63. The number of aromatic nitrogens is 3. The van der Waals surface area contributed by atoms with Gasteiger partial charge in [0, 0.05) is 36.1 Å². The number of hydrogen-bond acceptors (Lipinski definition) is 4. The third-order valence-corrected chi connectivity index (χ3v) is 6.87. The Kier molecular flexibility index (Phi) is 4.24. The summed E-state index contributed by atoms with van der Waals surface area (Å²) >= 11 is 1.49. The molecule has 6 heteroatoms. The van der Waals surface area contributed by atoms with Crippen LogP contribution < -0.4 is 0 Å². The van der Waals surface area contributed by atoms with Crippen molar-refractivity contribution >= 4 is 27.5 Å². The van der Waals surface area contributed by atoms with Crippen LogP contribution >= 0.6 is 11.3 Å². The summed E-state index contributed by atoms with van der Waals surface area (Å²) in [6.07, 6.45) is 2.10. The average molecular weight is 403 g/mol. The number of amides is 1. The molecule has 0 saturated heterocycles. The zero-order valence-electron chi connectivity index (χ0n) is 16.7. The highest BCUT2D eigenvalue weighted by Gasteiger charge is 2.34. The maximum Gasteiger partial charge on any atom is 0.265 e. The smallest absolute Gasteiger partial charge is 0.265 e. The Morgan fingerprint density at radius 3 is 2.62 bits per heavy atom. The molecule has 5 rings (SSSR count). The average Bonchev–Trinajstić information content (AvgIpc) is 3.31. The first-order valence-electron chi connectivity index (χ1n) is 9.80. The summed E-state index contributed by atoms with van der Waals surface area (Å²) in [4.78, 5) is 26.5. The molecule has 3 aromatic heterocycles. The lowest BCUT2D eigenvalue weighted by atomic mass is 9.99. The summed E-state index contributed by atoms with van der Waals surface area (Å²) < 4.78 is 2.25. The molecule has 0 saturated carbocycles. The van der Waals surface area contributed by atoms with Gasteiger partial charge in [-0.05, 0) is 44.0 Å². The predicted molar refractivity (Wildman–Crippen MR) is 115 cm³/mol. The second kappa shape index (κ2) is 6.81. The number of nitrogens with zero attached hydrogens (tertiary/aromatic N) is 4. The highest BCUT2D eigenvalue weighted by Crippen LogP contribution is 2.37. The molecule has 29 heavy (non-hydrogen) atoms. The number of rotatable bonds is 2. The van der Waals surface area contributed by atoms with Gasteiger partial charge in [0.25, 0.3) is 5.91 Å². The van der Waals surface area contributed by atoms with E-state index >= 15 is 0 Å². The number of aryl methyl sites for hydroxylation is 3. The minimum absolute atomic E-state index is 0.0730. The maximum atomic E-state index is 13.8. The maximum absolute atomic E-state index is 13.8. The molecule has 0 spiro atoms. The molecule has 1 aliphatic rings. The summed E-state index contributed by atoms with van der Waals surface area (Å²) in [7, 11) is 0. The van der Waals surface area contributed by atoms with E-state index in [4.69, 9.17) is 0 Å². The van der Waals surface area contributed by atoms with Crippen LogP contribution in [0.4, 0.5) is 0 Å². The number of benzene rings is 1. The molecule has 146 valence electrons. The van der Waals surface area contributed by atoms with E-state index in [9.17, 15) is 4.79 Å². The van der Waals surface area contributed by atoms with Crippen LogP contribution in [0.25, 0.3) is 10.2 Å². The Bertz CT molecular complexity index is 1220. The van der Waals surface area contributed by atoms with Gasteiger partial charge in [-0.3, -0.25) is 4.79 Å². The van der Waals surface area contributed by atoms with E-state index in [-0.39, 0.29) is 11.9 Å². The molecule has 1 aromatic carbocycles. The van der Waals surface area contributed by atoms with Crippen LogP contribution in [0.5, 0.6) is 0 Å². The van der Waals surface area contributed by atoms with Crippen LogP contribution in [-0.4, -0.2) is 31.9 Å². The van der Waals surface area contributed by atoms with Gasteiger partial charge in [-0.2, -0.15) is 0 Å². The standard InChI is InChI=1S/C23H22N4OS/c1-14-19-15(2)24-16(3)25-22(19)29-21(14)23(28)27-13-12-26-11-7-10-18(26)20(27)17-8-5-4-6-9-17/h4-11,20H,12-13H2,1-3H3. The fraction of sp³-hybridized carbons (Fsp3) is 0.261. The van der Waals surface area contributed by atoms with Crippen molar-refractivity contribution in [2.45, 2.75) is 33.4 Å². The molecule has 0 fully saturated rings. The van der Waals surface area contributed by atoms with E-state index in [0.717, 1.165) is 50.0 Å². The molecule has 0 N–H and O–H groups in total. The van der Waals surface area contributed by atoms with Gasteiger partial charge < -0.3 is 9.47 Å². The third kappa shape index (κ3) is 2.86. The number of thiophene rings is 1. The van der Waals surface area contributed by atoms with Crippen LogP contribution in [0.1, 0.15) is 44.1 Å². The van der Waals surface area contributed by atoms with Crippen molar-refractivity contribution < 1.29 is 4.79 Å². The van der Waals surface area contributed by atoms with Gasteiger partial charge in [-0.25, -0.2) is 9.97 Å². The SMILES string of the molecule is Cc1nc(C)c2c(C)c(C(=O)N3CCn4cccc4C3c3ccccc3)sc2n1. The number of carbonyl (C=O) groups excluding carboxylic acids is 1. The summed E-state index contributed by atoms with van der Waals surface area (Å²) in [6, 6.07) is 14.4. The van der Waals surface area contributed by atoms with Gasteiger partial charge in [0.15, 0.2) is 0 Å². The molecule has 0 bridgehead atoms. The lowest BCUT2D eigenvalue weighted by Gasteiger charge is -2.37. The van der Waals surface area contributed by atoms with Gasteiger partial charge in [0.2, 0.25) is 0 Å². The van der Waals surface area contributed by atoms with Gasteiger partial charge in [0.1, 0.15) is 10.7 Å². The summed E-state index contributed by atoms with van der Waals surface area (Å²) in [5.41, 5.74) is 4.21. The summed E-state index contributed by atoms with van der Waals surface area (Å²) in [5, 5.41) is 1.01. The van der Waals surface area contributed by atoms with Gasteiger partial charge in [0.05, 0.1) is 10.9 Å². The molecular weight excluding hydrogens is 380 g/mol. The quantitative estimate of drug-likeness (QED) is 0.490. The zero-order valence-corrected chi connectivity index (χ0v) is 17.5. The number of hydrogen-bond donors (Lipinski definition) is 0. The summed E-state index contributed by atoms with van der Waals surface area (Å²) in [5.74, 6) is 0.817. The van der Waals surface area contributed by atoms with Crippen LogP contribution in [0.2, 0.25) is 0 Å². The molecule has 1 unspecified atom stereocenters. The van der Waals surface area contributed by atoms with Crippen molar-refractivity contribution in [2.24, 2.45) is 0 Å². The van der Waals surface area contributed by atoms with Crippen molar-refractivity contribution in [2.75, 3.05) is 6.54 Å². The third-order valence-electron chi connectivity index (χ3n) is 5.69. The van der Waals surface area contributed by atoms with Crippen molar-refractivity contribution in [3.8, 4) is 0 Å². The van der Waals surface area contributed by atoms with Crippen LogP contribution in [0, 0.1) is 20.8 Å². The highest BCUT2D eigenvalue weighted by molar-refractivity contribution is 7.20. The van der Waals surface area contributed by atoms with E-state index in [1.165, 1.54) is 11.3 Å². The second-order valence-electron chi connectivity index (χ2n) is 7.53. The van der Waals surface area contributed by atoms with Crippen molar-refractivity contribution in [3.05, 3.63) is 81.9 Å². The molecule has 0 radical (unpaired) electrons. The first kappa shape index (κ1) is 18.1. The van der Waals surface area contributed by atoms with Crippen LogP contribution in [0.15, 0.2) is 48.7 Å². The molecule has 0 aliphatic carbocycles. The Morgan fingerprint density at radius 1 is 1.03 bits per heavy atom. The van der Waals surface area contributed by atoms with Crippen molar-refractivity contribution in [1.29, 1.82) is 0 Å². The van der Waals surface area contributed by atoms with Gasteiger partial charge >= 0.3 is 0 Å². The van der Waals surface area contributed by atoms with Gasteiger partial charge in [-0.1, -0.05) is 30.3 Å². The largest absolute Gasteiger partial charge is 0.348 e. The van der Waals surface area contributed by atoms with E-state index in [0.29, 0.717) is 6.54 Å². The fourth-order valence-electron chi connectivity index (χ4n) is 4.40. The van der Waals surface area contributed by atoms with E-state index in [1.807, 2.05) is 43.9 Å². The molecule has 5 nitrogen and oxygen atoms in total. The lowest BCUT2D eigenvalue weighted by Crippen LogP contribution is -2.42. The van der Waals surface area contributed by atoms with Crippen molar-refractivity contribution in [3.63, 3.8) is 0 Å². The molecule has 4 aromatic rings. The Labute approximate surface area is 173 Å². The van der Waals surface area contributed by atoms with E-state index in [1.54, 1.807) is 0 Å². The second-order valence-corrected chi connectivity index (χ2v) is 8.53. The minimum atomic E-state index is -0.0917. The monoisotopic (exact) mass is 402 g/mol. The lowest BCUT2D eigenvalue weighted by molar-refractivity contribution is 0.0668. The fourth-order valence-corrected chi connectivity index (χ4v) is 5.63. The Hall–Kier alpha value is -2.99. The number of fused-ring (bicyclic) bond motifs is 2. The van der Waals surface area contributed by atoms with Crippen LogP contribution in [-0.2, 0) is 6.54 Å². The molecular formula is C23H22N4OS. The molecule has 4 heterocycles. The highest BCUT2D eigenvalue weighted by atomic mass is 32.1. The zero-order chi connectivity index (χ0) is 20.1. The van der Waals surface area contributed by atoms with E-state index in [2.05, 4.69) is 45.0 Å². The van der Waals surface area contributed by atoms with E-state index < -0.39 is 0 Å². The Morgan fingerprint density at radius 2 is 1.83 bits per heavy atom. The van der Waals surface area contributed by atoms with Crippen molar-refractivity contribution in [1.82, 2.24) is 19.4 Å². The minimum Gasteiger partial charge on any atom is -0.348 e. The first-order valence-corrected chi connectivity index (χ1v) is 10.6. The molecule has 1 aliphatic heterocycles. The molecule has 1 atom stereocenters. The summed E-state index contributed by atoms with van der Waals surface area (Å²) in [6.45, 7) is 7.39. The molecule has 1 amide bonds. The first-order chi connectivity index (χ1) is 14.0. The van der Waals surface area contributed by atoms with Gasteiger partial charge in [-0.15, -0.1) is 11.3 Å².